The van der Waals surface area contributed by atoms with Crippen LogP contribution in [-0.2, 0) is 9.59 Å². The highest BCUT2D eigenvalue weighted by atomic mass is 19.1. The number of rotatable bonds is 8. The summed E-state index contributed by atoms with van der Waals surface area (Å²) in [5, 5.41) is 7.19. The highest BCUT2D eigenvalue weighted by molar-refractivity contribution is 5.94. The summed E-state index contributed by atoms with van der Waals surface area (Å²) in [6.07, 6.45) is 0. The van der Waals surface area contributed by atoms with Gasteiger partial charge in [-0.05, 0) is 31.2 Å². The van der Waals surface area contributed by atoms with E-state index < -0.39 is 0 Å². The maximum Gasteiger partial charge on any atom is 0.275 e. The van der Waals surface area contributed by atoms with Gasteiger partial charge in [0.1, 0.15) is 11.9 Å². The fourth-order valence-corrected chi connectivity index (χ4v) is 3.11. The van der Waals surface area contributed by atoms with E-state index in [9.17, 15) is 14.0 Å². The lowest BCUT2D eigenvalue weighted by atomic mass is 9.98. The Morgan fingerprint density at radius 2 is 1.50 bits per heavy atom. The van der Waals surface area contributed by atoms with Crippen LogP contribution in [0, 0.1) is 12.7 Å². The van der Waals surface area contributed by atoms with Gasteiger partial charge in [0.15, 0.2) is 6.54 Å². The van der Waals surface area contributed by atoms with Crippen molar-refractivity contribution in [1.82, 2.24) is 5.32 Å². The lowest BCUT2D eigenvalue weighted by Crippen LogP contribution is -2.87. The Hall–Kier alpha value is -3.51. The molecule has 0 heterocycles. The molecule has 0 fully saturated rings. The van der Waals surface area contributed by atoms with Crippen LogP contribution in [-0.4, -0.2) is 24.9 Å². The third-order valence-corrected chi connectivity index (χ3v) is 4.71. The average molecular weight is 406 g/mol. The Morgan fingerprint density at radius 3 is 2.17 bits per heavy atom. The number of carbonyl (C=O) groups is 2. The van der Waals surface area contributed by atoms with E-state index in [0.29, 0.717) is 5.69 Å². The first-order valence-electron chi connectivity index (χ1n) is 9.78. The number of benzene rings is 3. The second-order valence-corrected chi connectivity index (χ2v) is 7.07. The number of hydrogen-bond acceptors (Lipinski definition) is 2. The fraction of sp³-hybridized carbons (Fsp3) is 0.167. The Morgan fingerprint density at radius 1 is 0.867 bits per heavy atom. The van der Waals surface area contributed by atoms with Crippen LogP contribution in [0.4, 0.5) is 10.1 Å². The number of nitrogens with one attached hydrogen (secondary N) is 2. The molecule has 0 saturated carbocycles. The highest BCUT2D eigenvalue weighted by Gasteiger charge is 2.19. The number of aryl methyl sites for hydroxylation is 1. The molecule has 1 atom stereocenters. The lowest BCUT2D eigenvalue weighted by molar-refractivity contribution is -0.676. The maximum absolute atomic E-state index is 12.9. The maximum atomic E-state index is 12.9. The molecule has 0 aliphatic carbocycles. The van der Waals surface area contributed by atoms with E-state index in [2.05, 4.69) is 34.9 Å². The summed E-state index contributed by atoms with van der Waals surface area (Å²) in [5.74, 6) is -0.983. The number of quaternary nitrogens is 1. The van der Waals surface area contributed by atoms with Crippen LogP contribution in [0.25, 0.3) is 0 Å². The van der Waals surface area contributed by atoms with E-state index in [1.165, 1.54) is 29.8 Å². The van der Waals surface area contributed by atoms with Gasteiger partial charge in [-0.25, -0.2) is 4.39 Å². The average Bonchev–Trinajstić information content (AvgIpc) is 2.76. The number of nitrogens with two attached hydrogens (primary N) is 1. The molecule has 0 bridgehead atoms. The van der Waals surface area contributed by atoms with E-state index in [0.717, 1.165) is 11.1 Å². The topological polar surface area (TPSA) is 74.8 Å². The zero-order valence-electron chi connectivity index (χ0n) is 16.8. The van der Waals surface area contributed by atoms with E-state index in [4.69, 9.17) is 0 Å². The molecule has 3 aromatic carbocycles. The molecule has 6 heteroatoms. The Kier molecular flexibility index (Phi) is 7.29. The van der Waals surface area contributed by atoms with E-state index in [1.54, 1.807) is 0 Å². The van der Waals surface area contributed by atoms with E-state index in [-0.39, 0.29) is 36.8 Å². The smallest absolute Gasteiger partial charge is 0.275 e. The van der Waals surface area contributed by atoms with Crippen molar-refractivity contribution in [3.8, 4) is 0 Å². The van der Waals surface area contributed by atoms with Crippen molar-refractivity contribution >= 4 is 17.5 Å². The Bertz CT molecular complexity index is 974. The minimum Gasteiger partial charge on any atom is -0.342 e. The van der Waals surface area contributed by atoms with Crippen molar-refractivity contribution in [3.63, 3.8) is 0 Å². The van der Waals surface area contributed by atoms with Crippen LogP contribution < -0.4 is 16.0 Å². The predicted molar refractivity (Wildman–Crippen MR) is 114 cm³/mol. The van der Waals surface area contributed by atoms with Gasteiger partial charge >= 0.3 is 0 Å². The number of amides is 2. The summed E-state index contributed by atoms with van der Waals surface area (Å²) < 4.78 is 12.9. The normalized spacial score (nSPS) is 11.5. The summed E-state index contributed by atoms with van der Waals surface area (Å²) in [5.41, 5.74) is 3.86. The van der Waals surface area contributed by atoms with Gasteiger partial charge in [-0.1, -0.05) is 60.2 Å². The molecule has 3 rings (SSSR count). The molecule has 3 aromatic rings. The van der Waals surface area contributed by atoms with Gasteiger partial charge in [-0.3, -0.25) is 9.59 Å². The molecule has 2 amide bonds. The van der Waals surface area contributed by atoms with Gasteiger partial charge in [0.05, 0.1) is 6.54 Å². The zero-order valence-corrected chi connectivity index (χ0v) is 16.8. The summed E-state index contributed by atoms with van der Waals surface area (Å²) in [6, 6.07) is 23.7. The minimum atomic E-state index is -0.376. The van der Waals surface area contributed by atoms with Crippen molar-refractivity contribution < 1.29 is 19.3 Å². The van der Waals surface area contributed by atoms with Crippen molar-refractivity contribution in [3.05, 3.63) is 101 Å². The Labute approximate surface area is 175 Å². The molecule has 30 heavy (non-hydrogen) atoms. The van der Waals surface area contributed by atoms with E-state index in [1.807, 2.05) is 42.6 Å². The first-order valence-corrected chi connectivity index (χ1v) is 9.78. The molecule has 0 aliphatic rings. The molecule has 4 N–H and O–H groups in total. The molecule has 154 valence electrons. The van der Waals surface area contributed by atoms with Crippen molar-refractivity contribution in [2.45, 2.75) is 13.0 Å². The number of anilines is 1. The van der Waals surface area contributed by atoms with Gasteiger partial charge in [-0.2, -0.15) is 0 Å². The lowest BCUT2D eigenvalue weighted by Gasteiger charge is -2.17. The molecule has 0 radical (unpaired) electrons. The van der Waals surface area contributed by atoms with Crippen LogP contribution in [0.1, 0.15) is 22.7 Å². The van der Waals surface area contributed by atoms with Gasteiger partial charge in [0, 0.05) is 16.8 Å². The molecular weight excluding hydrogens is 381 g/mol. The third kappa shape index (κ3) is 6.25. The SMILES string of the molecule is Cc1ccc([C@H]([NH2+]CC(=O)NCC(=O)Nc2ccc(F)cc2)c2ccccc2)cc1. The molecule has 0 saturated heterocycles. The summed E-state index contributed by atoms with van der Waals surface area (Å²) in [7, 11) is 0. The van der Waals surface area contributed by atoms with Crippen LogP contribution in [0.2, 0.25) is 0 Å². The van der Waals surface area contributed by atoms with Crippen LogP contribution in [0.5, 0.6) is 0 Å². The van der Waals surface area contributed by atoms with Crippen LogP contribution in [0.15, 0.2) is 78.9 Å². The van der Waals surface area contributed by atoms with Gasteiger partial charge in [0.2, 0.25) is 5.91 Å². The third-order valence-electron chi connectivity index (χ3n) is 4.71. The van der Waals surface area contributed by atoms with Crippen molar-refractivity contribution in [1.29, 1.82) is 0 Å². The number of hydrogen-bond donors (Lipinski definition) is 3. The molecule has 0 aliphatic heterocycles. The summed E-state index contributed by atoms with van der Waals surface area (Å²) in [6.45, 7) is 2.07. The molecule has 0 unspecified atom stereocenters. The minimum absolute atomic E-state index is 0.0226. The van der Waals surface area contributed by atoms with Crippen molar-refractivity contribution in [2.75, 3.05) is 18.4 Å². The number of carbonyl (C=O) groups excluding carboxylic acids is 2. The molecule has 0 spiro atoms. The monoisotopic (exact) mass is 406 g/mol. The molecule has 0 aromatic heterocycles. The fourth-order valence-electron chi connectivity index (χ4n) is 3.11. The largest absolute Gasteiger partial charge is 0.342 e. The highest BCUT2D eigenvalue weighted by Crippen LogP contribution is 2.18. The Balaban J connectivity index is 1.54. The van der Waals surface area contributed by atoms with Crippen LogP contribution >= 0.6 is 0 Å². The summed E-state index contributed by atoms with van der Waals surface area (Å²) in [4.78, 5) is 24.3. The quantitative estimate of drug-likeness (QED) is 0.538. The first-order chi connectivity index (χ1) is 14.5. The molecular formula is C24H25FN3O2+. The molecule has 5 nitrogen and oxygen atoms in total. The zero-order chi connectivity index (χ0) is 21.3. The van der Waals surface area contributed by atoms with Gasteiger partial charge < -0.3 is 16.0 Å². The standard InChI is InChI=1S/C24H24FN3O2/c1-17-7-9-19(10-8-17)24(18-5-3-2-4-6-18)27-15-22(29)26-16-23(30)28-21-13-11-20(25)12-14-21/h2-14,24,27H,15-16H2,1H3,(H,26,29)(H,28,30)/p+1/t24-/m1/s1. The second-order valence-electron chi connectivity index (χ2n) is 7.07. The summed E-state index contributed by atoms with van der Waals surface area (Å²) >= 11 is 0. The second kappa shape index (κ2) is 10.3. The number of halogens is 1. The van der Waals surface area contributed by atoms with Gasteiger partial charge in [-0.15, -0.1) is 0 Å². The first kappa shape index (κ1) is 21.2. The van der Waals surface area contributed by atoms with Crippen molar-refractivity contribution in [2.24, 2.45) is 0 Å². The predicted octanol–water partition coefficient (Wildman–Crippen LogP) is 2.54. The van der Waals surface area contributed by atoms with Gasteiger partial charge in [0.25, 0.3) is 5.91 Å². The van der Waals surface area contributed by atoms with Crippen LogP contribution in [0.3, 0.4) is 0 Å². The van der Waals surface area contributed by atoms with E-state index >= 15 is 0 Å².